The van der Waals surface area contributed by atoms with Gasteiger partial charge in [-0.1, -0.05) is 26.0 Å². The Kier molecular flexibility index (Phi) is 5.30. The van der Waals surface area contributed by atoms with Crippen LogP contribution in [0, 0.1) is 5.92 Å². The summed E-state index contributed by atoms with van der Waals surface area (Å²) in [4.78, 5) is 40.3. The molecule has 0 saturated heterocycles. The van der Waals surface area contributed by atoms with E-state index in [4.69, 9.17) is 0 Å². The third kappa shape index (κ3) is 4.38. The van der Waals surface area contributed by atoms with Crippen molar-refractivity contribution in [3.05, 3.63) is 65.1 Å². The summed E-state index contributed by atoms with van der Waals surface area (Å²) in [5.74, 6) is -0.513. The Labute approximate surface area is 156 Å². The van der Waals surface area contributed by atoms with Gasteiger partial charge in [0.05, 0.1) is 17.2 Å². The van der Waals surface area contributed by atoms with Crippen LogP contribution >= 0.6 is 0 Å². The van der Waals surface area contributed by atoms with Crippen molar-refractivity contribution in [1.29, 1.82) is 0 Å². The highest BCUT2D eigenvalue weighted by atomic mass is 16.2. The number of nitrogens with one attached hydrogen (secondary N) is 2. The molecule has 0 fully saturated rings. The Balaban J connectivity index is 1.71. The highest BCUT2D eigenvalue weighted by Gasteiger charge is 2.10. The molecule has 7 nitrogen and oxygen atoms in total. The summed E-state index contributed by atoms with van der Waals surface area (Å²) in [6, 6.07) is 14.0. The van der Waals surface area contributed by atoms with Gasteiger partial charge in [-0.25, -0.2) is 4.98 Å². The summed E-state index contributed by atoms with van der Waals surface area (Å²) in [6.07, 6.45) is 1.21. The molecule has 0 aliphatic heterocycles. The molecule has 0 bridgehead atoms. The molecule has 0 atom stereocenters. The van der Waals surface area contributed by atoms with Crippen LogP contribution in [0.25, 0.3) is 11.0 Å². The number of fused-ring (bicyclic) bond motifs is 1. The summed E-state index contributed by atoms with van der Waals surface area (Å²) in [6.45, 7) is 3.51. The standard InChI is InChI=1S/C20H20N4O3/c1-13(2)20(27)23-15-9-7-14(8-10-15)22-18(25)12-24-17-6-4-3-5-16(17)21-11-19(24)26/h3-11,13H,12H2,1-2H3,(H,22,25)(H,23,27). The van der Waals surface area contributed by atoms with Gasteiger partial charge in [0.2, 0.25) is 11.8 Å². The van der Waals surface area contributed by atoms with Crippen LogP contribution in [0.15, 0.2) is 59.5 Å². The number of para-hydroxylation sites is 2. The number of hydrogen-bond donors (Lipinski definition) is 2. The molecule has 0 aliphatic rings. The number of nitrogens with zero attached hydrogens (tertiary/aromatic N) is 2. The summed E-state index contributed by atoms with van der Waals surface area (Å²) >= 11 is 0. The zero-order chi connectivity index (χ0) is 19.4. The lowest BCUT2D eigenvalue weighted by Gasteiger charge is -2.11. The molecule has 2 aromatic carbocycles. The number of carbonyl (C=O) groups excluding carboxylic acids is 2. The molecule has 3 aromatic rings. The number of benzene rings is 2. The number of amides is 2. The maximum absolute atomic E-state index is 12.4. The van der Waals surface area contributed by atoms with Crippen LogP contribution in [-0.2, 0) is 16.1 Å². The molecule has 3 rings (SSSR count). The predicted molar refractivity (Wildman–Crippen MR) is 105 cm³/mol. The topological polar surface area (TPSA) is 93.1 Å². The molecule has 2 amide bonds. The number of aromatic nitrogens is 2. The fourth-order valence-corrected chi connectivity index (χ4v) is 2.55. The molecule has 138 valence electrons. The fraction of sp³-hybridized carbons (Fsp3) is 0.200. The molecule has 7 heteroatoms. The minimum Gasteiger partial charge on any atom is -0.326 e. The molecular formula is C20H20N4O3. The van der Waals surface area contributed by atoms with Crippen LogP contribution < -0.4 is 16.2 Å². The van der Waals surface area contributed by atoms with E-state index in [1.54, 1.807) is 42.5 Å². The quantitative estimate of drug-likeness (QED) is 0.728. The maximum Gasteiger partial charge on any atom is 0.269 e. The zero-order valence-corrected chi connectivity index (χ0v) is 15.1. The highest BCUT2D eigenvalue weighted by molar-refractivity contribution is 5.94. The molecule has 0 radical (unpaired) electrons. The van der Waals surface area contributed by atoms with Crippen LogP contribution in [0.1, 0.15) is 13.8 Å². The second kappa shape index (κ2) is 7.82. The molecule has 0 saturated carbocycles. The summed E-state index contributed by atoms with van der Waals surface area (Å²) in [5, 5.41) is 5.54. The van der Waals surface area contributed by atoms with E-state index < -0.39 is 0 Å². The lowest BCUT2D eigenvalue weighted by molar-refractivity contribution is -0.119. The first-order valence-corrected chi connectivity index (χ1v) is 8.59. The minimum absolute atomic E-state index is 0.0734. The number of rotatable bonds is 5. The maximum atomic E-state index is 12.4. The fourth-order valence-electron chi connectivity index (χ4n) is 2.55. The van der Waals surface area contributed by atoms with Crippen molar-refractivity contribution >= 4 is 34.2 Å². The van der Waals surface area contributed by atoms with Crippen molar-refractivity contribution in [2.75, 3.05) is 10.6 Å². The van der Waals surface area contributed by atoms with E-state index in [1.165, 1.54) is 10.8 Å². The molecule has 27 heavy (non-hydrogen) atoms. The highest BCUT2D eigenvalue weighted by Crippen LogP contribution is 2.15. The van der Waals surface area contributed by atoms with Crippen molar-refractivity contribution in [3.8, 4) is 0 Å². The average Bonchev–Trinajstić information content (AvgIpc) is 2.65. The van der Waals surface area contributed by atoms with Gasteiger partial charge in [-0.2, -0.15) is 0 Å². The summed E-state index contributed by atoms with van der Waals surface area (Å²) < 4.78 is 1.38. The van der Waals surface area contributed by atoms with E-state index in [2.05, 4.69) is 15.6 Å². The Morgan fingerprint density at radius 2 is 1.63 bits per heavy atom. The second-order valence-electron chi connectivity index (χ2n) is 6.44. The van der Waals surface area contributed by atoms with Gasteiger partial charge in [-0.05, 0) is 36.4 Å². The Hall–Kier alpha value is -3.48. The largest absolute Gasteiger partial charge is 0.326 e. The van der Waals surface area contributed by atoms with E-state index in [-0.39, 0.29) is 29.8 Å². The van der Waals surface area contributed by atoms with E-state index in [9.17, 15) is 14.4 Å². The van der Waals surface area contributed by atoms with E-state index in [0.29, 0.717) is 22.4 Å². The smallest absolute Gasteiger partial charge is 0.269 e. The summed E-state index contributed by atoms with van der Waals surface area (Å²) in [5.41, 5.74) is 2.15. The van der Waals surface area contributed by atoms with E-state index in [0.717, 1.165) is 0 Å². The predicted octanol–water partition coefficient (Wildman–Crippen LogP) is 2.63. The normalized spacial score (nSPS) is 10.8. The molecule has 0 spiro atoms. The van der Waals surface area contributed by atoms with Gasteiger partial charge < -0.3 is 10.6 Å². The Morgan fingerprint density at radius 1 is 1.00 bits per heavy atom. The number of carbonyl (C=O) groups is 2. The van der Waals surface area contributed by atoms with Crippen molar-refractivity contribution < 1.29 is 9.59 Å². The SMILES string of the molecule is CC(C)C(=O)Nc1ccc(NC(=O)Cn2c(=O)cnc3ccccc32)cc1. The minimum atomic E-state index is -0.337. The van der Waals surface area contributed by atoms with Crippen LogP contribution in [0.3, 0.4) is 0 Å². The number of hydrogen-bond acceptors (Lipinski definition) is 4. The third-order valence-corrected chi connectivity index (χ3v) is 4.01. The lowest BCUT2D eigenvalue weighted by Crippen LogP contribution is -2.28. The average molecular weight is 364 g/mol. The number of anilines is 2. The van der Waals surface area contributed by atoms with Crippen LogP contribution in [-0.4, -0.2) is 21.4 Å². The van der Waals surface area contributed by atoms with E-state index >= 15 is 0 Å². The van der Waals surface area contributed by atoms with Crippen molar-refractivity contribution in [2.24, 2.45) is 5.92 Å². The first kappa shape index (κ1) is 18.3. The first-order chi connectivity index (χ1) is 12.9. The second-order valence-corrected chi connectivity index (χ2v) is 6.44. The van der Waals surface area contributed by atoms with Crippen LogP contribution in [0.4, 0.5) is 11.4 Å². The molecule has 1 heterocycles. The van der Waals surface area contributed by atoms with Crippen molar-refractivity contribution in [1.82, 2.24) is 9.55 Å². The third-order valence-electron chi connectivity index (χ3n) is 4.01. The summed E-state index contributed by atoms with van der Waals surface area (Å²) in [7, 11) is 0. The molecular weight excluding hydrogens is 344 g/mol. The van der Waals surface area contributed by atoms with Crippen molar-refractivity contribution in [3.63, 3.8) is 0 Å². The van der Waals surface area contributed by atoms with Crippen molar-refractivity contribution in [2.45, 2.75) is 20.4 Å². The van der Waals surface area contributed by atoms with Crippen LogP contribution in [0.5, 0.6) is 0 Å². The molecule has 0 aliphatic carbocycles. The van der Waals surface area contributed by atoms with E-state index in [1.807, 2.05) is 19.9 Å². The Bertz CT molecular complexity index is 1040. The Morgan fingerprint density at radius 3 is 2.30 bits per heavy atom. The van der Waals surface area contributed by atoms with Gasteiger partial charge in [0.15, 0.2) is 0 Å². The first-order valence-electron chi connectivity index (χ1n) is 8.59. The van der Waals surface area contributed by atoms with Gasteiger partial charge >= 0.3 is 0 Å². The van der Waals surface area contributed by atoms with Gasteiger partial charge in [0.25, 0.3) is 5.56 Å². The van der Waals surface area contributed by atoms with Crippen LogP contribution in [0.2, 0.25) is 0 Å². The molecule has 2 N–H and O–H groups in total. The monoisotopic (exact) mass is 364 g/mol. The van der Waals surface area contributed by atoms with Gasteiger partial charge in [-0.3, -0.25) is 19.0 Å². The van der Waals surface area contributed by atoms with Gasteiger partial charge in [-0.15, -0.1) is 0 Å². The van der Waals surface area contributed by atoms with Gasteiger partial charge in [0.1, 0.15) is 6.54 Å². The molecule has 1 aromatic heterocycles. The van der Waals surface area contributed by atoms with Gasteiger partial charge in [0, 0.05) is 17.3 Å². The zero-order valence-electron chi connectivity index (χ0n) is 15.1. The lowest BCUT2D eigenvalue weighted by atomic mass is 10.2. The molecule has 0 unspecified atom stereocenters.